The summed E-state index contributed by atoms with van der Waals surface area (Å²) in [6.07, 6.45) is -0.0401. The van der Waals surface area contributed by atoms with Gasteiger partial charge >= 0.3 is 6.18 Å². The lowest BCUT2D eigenvalue weighted by Crippen LogP contribution is -2.12. The maximum Gasteiger partial charge on any atom is 0.416 e. The third-order valence-corrected chi connectivity index (χ3v) is 5.59. The van der Waals surface area contributed by atoms with Crippen LogP contribution in [0.3, 0.4) is 0 Å². The van der Waals surface area contributed by atoms with Crippen LogP contribution in [-0.4, -0.2) is 30.8 Å². The van der Waals surface area contributed by atoms with Gasteiger partial charge in [0.2, 0.25) is 0 Å². The van der Waals surface area contributed by atoms with Gasteiger partial charge in [-0.3, -0.25) is 0 Å². The monoisotopic (exact) mass is 420 g/mol. The van der Waals surface area contributed by atoms with Crippen molar-refractivity contribution in [3.05, 3.63) is 59.4 Å². The van der Waals surface area contributed by atoms with E-state index in [9.17, 15) is 13.2 Å². The number of fused-ring (bicyclic) bond motifs is 1. The van der Waals surface area contributed by atoms with Crippen LogP contribution in [0.4, 0.5) is 13.2 Å². The van der Waals surface area contributed by atoms with E-state index >= 15 is 0 Å². The molecule has 2 atom stereocenters. The number of halogens is 3. The second-order valence-electron chi connectivity index (χ2n) is 7.50. The van der Waals surface area contributed by atoms with Crippen LogP contribution < -0.4 is 4.74 Å². The third-order valence-electron chi connectivity index (χ3n) is 5.59. The van der Waals surface area contributed by atoms with Crippen molar-refractivity contribution in [2.45, 2.75) is 38.3 Å². The quantitative estimate of drug-likeness (QED) is 0.450. The fourth-order valence-corrected chi connectivity index (χ4v) is 3.77. The summed E-state index contributed by atoms with van der Waals surface area (Å²) in [6.45, 7) is 2.78. The van der Waals surface area contributed by atoms with Crippen molar-refractivity contribution >= 4 is 11.0 Å². The van der Waals surface area contributed by atoms with Crippen LogP contribution in [0.15, 0.2) is 42.6 Å². The van der Waals surface area contributed by atoms with Crippen LogP contribution in [0.5, 0.6) is 5.75 Å². The van der Waals surface area contributed by atoms with Gasteiger partial charge < -0.3 is 14.5 Å². The van der Waals surface area contributed by atoms with Crippen molar-refractivity contribution < 1.29 is 22.6 Å². The largest absolute Gasteiger partial charge is 0.495 e. The molecule has 0 radical (unpaired) electrons. The number of alkyl halides is 3. The minimum Gasteiger partial charge on any atom is -0.495 e. The van der Waals surface area contributed by atoms with Gasteiger partial charge in [-0.05, 0) is 48.6 Å². The van der Waals surface area contributed by atoms with Crippen LogP contribution in [-0.2, 0) is 10.9 Å². The number of rotatable bonds is 9. The summed E-state index contributed by atoms with van der Waals surface area (Å²) in [5.41, 5.74) is 1.87. The Morgan fingerprint density at radius 2 is 1.83 bits per heavy atom. The van der Waals surface area contributed by atoms with E-state index in [1.807, 2.05) is 12.1 Å². The molecule has 0 aliphatic rings. The number of ether oxygens (including phenoxy) is 2. The number of methoxy groups -OCH3 is 2. The number of hydrogen-bond donors (Lipinski definition) is 1. The van der Waals surface area contributed by atoms with Crippen molar-refractivity contribution in [2.75, 3.05) is 20.8 Å². The average Bonchev–Trinajstić information content (AvgIpc) is 3.16. The zero-order chi connectivity index (χ0) is 21.7. The Labute approximate surface area is 174 Å². The highest BCUT2D eigenvalue weighted by Crippen LogP contribution is 2.36. The lowest BCUT2D eigenvalue weighted by atomic mass is 9.83. The lowest BCUT2D eigenvalue weighted by molar-refractivity contribution is -0.137. The molecule has 0 saturated carbocycles. The molecule has 2 unspecified atom stereocenters. The topological polar surface area (TPSA) is 47.1 Å². The summed E-state index contributed by atoms with van der Waals surface area (Å²) in [5, 5.41) is 0.909. The molecule has 0 spiro atoms. The first-order valence-corrected chi connectivity index (χ1v) is 10.0. The summed E-state index contributed by atoms with van der Waals surface area (Å²) >= 11 is 0. The van der Waals surface area contributed by atoms with E-state index in [-0.39, 0.29) is 5.92 Å². The van der Waals surface area contributed by atoms with Gasteiger partial charge in [-0.25, -0.2) is 4.98 Å². The zero-order valence-corrected chi connectivity index (χ0v) is 17.4. The molecule has 0 aliphatic heterocycles. The van der Waals surface area contributed by atoms with Crippen molar-refractivity contribution in [3.8, 4) is 5.75 Å². The average molecular weight is 420 g/mol. The molecule has 0 saturated heterocycles. The molecule has 1 aromatic carbocycles. The Balaban J connectivity index is 1.98. The molecule has 3 aromatic rings. The van der Waals surface area contributed by atoms with E-state index in [1.165, 1.54) is 0 Å². The molecule has 30 heavy (non-hydrogen) atoms. The van der Waals surface area contributed by atoms with Gasteiger partial charge in [0.1, 0.15) is 11.4 Å². The Kier molecular flexibility index (Phi) is 7.02. The summed E-state index contributed by atoms with van der Waals surface area (Å²) in [7, 11) is 3.26. The van der Waals surface area contributed by atoms with Gasteiger partial charge in [-0.2, -0.15) is 13.2 Å². The molecule has 0 aliphatic carbocycles. The van der Waals surface area contributed by atoms with Gasteiger partial charge in [0.25, 0.3) is 0 Å². The fraction of sp³-hybridized carbons (Fsp3) is 0.435. The van der Waals surface area contributed by atoms with Gasteiger partial charge in [-0.1, -0.05) is 25.5 Å². The molecular formula is C23H27F3N2O2. The molecule has 0 bridgehead atoms. The molecule has 162 valence electrons. The Hall–Kier alpha value is -2.54. The second-order valence-corrected chi connectivity index (χ2v) is 7.50. The standard InChI is InChI=1S/C23H27F3N2O2/c1-4-15(9-10-29-2)11-20(16-5-7-18(8-6-16)23(24,25)26)21-13-17-12-19(30-3)14-27-22(17)28-21/h5-8,12-15,20H,4,9-11H2,1-3H3,(H,27,28). The number of benzene rings is 1. The van der Waals surface area contributed by atoms with Crippen molar-refractivity contribution in [1.29, 1.82) is 0 Å². The highest BCUT2D eigenvalue weighted by atomic mass is 19.4. The number of nitrogens with one attached hydrogen (secondary N) is 1. The SMILES string of the molecule is CCC(CCOC)CC(c1ccc(C(F)(F)F)cc1)c1cc2cc(OC)cnc2[nH]1. The van der Waals surface area contributed by atoms with Crippen LogP contribution in [0.1, 0.15) is 48.9 Å². The first-order chi connectivity index (χ1) is 14.4. The molecule has 2 heterocycles. The Morgan fingerprint density at radius 3 is 2.43 bits per heavy atom. The lowest BCUT2D eigenvalue weighted by Gasteiger charge is -2.23. The van der Waals surface area contributed by atoms with Crippen LogP contribution in [0.2, 0.25) is 0 Å². The molecule has 0 amide bonds. The molecule has 1 N–H and O–H groups in total. The second kappa shape index (κ2) is 9.51. The van der Waals surface area contributed by atoms with Crippen LogP contribution in [0.25, 0.3) is 11.0 Å². The Morgan fingerprint density at radius 1 is 1.10 bits per heavy atom. The first kappa shape index (κ1) is 22.2. The molecule has 2 aromatic heterocycles. The van der Waals surface area contributed by atoms with E-state index in [1.54, 1.807) is 32.5 Å². The molecule has 7 heteroatoms. The smallest absolute Gasteiger partial charge is 0.416 e. The number of aromatic amines is 1. The van der Waals surface area contributed by atoms with Crippen molar-refractivity contribution in [3.63, 3.8) is 0 Å². The van der Waals surface area contributed by atoms with E-state index in [0.29, 0.717) is 18.3 Å². The summed E-state index contributed by atoms with van der Waals surface area (Å²) in [6, 6.07) is 9.38. The van der Waals surface area contributed by atoms with Crippen molar-refractivity contribution in [2.24, 2.45) is 5.92 Å². The van der Waals surface area contributed by atoms with Gasteiger partial charge in [0.15, 0.2) is 0 Å². The minimum absolute atomic E-state index is 0.0747. The van der Waals surface area contributed by atoms with E-state index in [4.69, 9.17) is 9.47 Å². The third kappa shape index (κ3) is 5.14. The van der Waals surface area contributed by atoms with E-state index < -0.39 is 11.7 Å². The number of H-pyrrole nitrogens is 1. The number of aromatic nitrogens is 2. The number of hydrogen-bond acceptors (Lipinski definition) is 3. The fourth-order valence-electron chi connectivity index (χ4n) is 3.77. The van der Waals surface area contributed by atoms with Crippen LogP contribution in [0, 0.1) is 5.92 Å². The van der Waals surface area contributed by atoms with Crippen molar-refractivity contribution in [1.82, 2.24) is 9.97 Å². The molecule has 4 nitrogen and oxygen atoms in total. The highest BCUT2D eigenvalue weighted by Gasteiger charge is 2.30. The normalized spacial score (nSPS) is 14.1. The summed E-state index contributed by atoms with van der Waals surface area (Å²) < 4.78 is 49.5. The maximum absolute atomic E-state index is 13.0. The number of nitrogens with zero attached hydrogens (tertiary/aromatic N) is 1. The molecule has 0 fully saturated rings. The first-order valence-electron chi connectivity index (χ1n) is 10.0. The van der Waals surface area contributed by atoms with Crippen LogP contribution >= 0.6 is 0 Å². The van der Waals surface area contributed by atoms with Gasteiger partial charge in [-0.15, -0.1) is 0 Å². The zero-order valence-electron chi connectivity index (χ0n) is 17.4. The van der Waals surface area contributed by atoms with Gasteiger partial charge in [0.05, 0.1) is 18.9 Å². The molecular weight excluding hydrogens is 393 g/mol. The summed E-state index contributed by atoms with van der Waals surface area (Å²) in [4.78, 5) is 7.75. The number of pyridine rings is 1. The predicted molar refractivity (Wildman–Crippen MR) is 111 cm³/mol. The maximum atomic E-state index is 13.0. The van der Waals surface area contributed by atoms with E-state index in [0.717, 1.165) is 53.7 Å². The highest BCUT2D eigenvalue weighted by molar-refractivity contribution is 5.78. The molecule has 3 rings (SSSR count). The summed E-state index contributed by atoms with van der Waals surface area (Å²) in [5.74, 6) is 0.964. The van der Waals surface area contributed by atoms with E-state index in [2.05, 4.69) is 16.9 Å². The van der Waals surface area contributed by atoms with Gasteiger partial charge in [0, 0.05) is 30.7 Å². The Bertz CT molecular complexity index is 951. The minimum atomic E-state index is -4.35. The predicted octanol–water partition coefficient (Wildman–Crippen LogP) is 6.18.